The van der Waals surface area contributed by atoms with Gasteiger partial charge in [-0.2, -0.15) is 5.10 Å². The van der Waals surface area contributed by atoms with Gasteiger partial charge in [0.1, 0.15) is 6.61 Å². The second-order valence-corrected chi connectivity index (χ2v) is 5.90. The Morgan fingerprint density at radius 2 is 2.04 bits per heavy atom. The van der Waals surface area contributed by atoms with Crippen molar-refractivity contribution in [2.45, 2.75) is 13.5 Å². The molecule has 136 valence electrons. The van der Waals surface area contributed by atoms with E-state index in [9.17, 15) is 0 Å². The Morgan fingerprint density at radius 3 is 2.77 bits per heavy atom. The van der Waals surface area contributed by atoms with Crippen LogP contribution in [0.4, 0.5) is 0 Å². The van der Waals surface area contributed by atoms with Gasteiger partial charge in [-0.05, 0) is 54.0 Å². The lowest BCUT2D eigenvalue weighted by Crippen LogP contribution is -2.31. The summed E-state index contributed by atoms with van der Waals surface area (Å²) >= 11 is 5.07. The monoisotopic (exact) mass is 369 g/mol. The van der Waals surface area contributed by atoms with Gasteiger partial charge in [-0.25, -0.2) is 0 Å². The van der Waals surface area contributed by atoms with E-state index in [1.807, 2.05) is 30.3 Å². The lowest BCUT2D eigenvalue weighted by atomic mass is 10.1. The fourth-order valence-corrected chi connectivity index (χ4v) is 2.32. The van der Waals surface area contributed by atoms with E-state index in [0.717, 1.165) is 11.1 Å². The molecule has 0 heterocycles. The van der Waals surface area contributed by atoms with Crippen LogP contribution in [0.5, 0.6) is 11.5 Å². The van der Waals surface area contributed by atoms with Crippen LogP contribution in [0.3, 0.4) is 0 Å². The quantitative estimate of drug-likeness (QED) is 0.322. The van der Waals surface area contributed by atoms with Crippen LogP contribution in [-0.2, 0) is 6.61 Å². The summed E-state index contributed by atoms with van der Waals surface area (Å²) in [4.78, 5) is 0. The molecule has 2 aromatic rings. The molecular formula is C20H23N3O2S. The van der Waals surface area contributed by atoms with Crippen molar-refractivity contribution in [3.05, 3.63) is 71.8 Å². The molecule has 0 bridgehead atoms. The van der Waals surface area contributed by atoms with Crippen molar-refractivity contribution in [3.63, 3.8) is 0 Å². The van der Waals surface area contributed by atoms with Crippen molar-refractivity contribution in [1.29, 1.82) is 0 Å². The number of hydrazone groups is 1. The molecule has 0 spiro atoms. The second-order valence-electron chi connectivity index (χ2n) is 5.49. The molecule has 0 aromatic heterocycles. The Hall–Kier alpha value is -2.86. The van der Waals surface area contributed by atoms with Crippen LogP contribution < -0.4 is 20.2 Å². The van der Waals surface area contributed by atoms with Gasteiger partial charge in [0.05, 0.1) is 13.3 Å². The van der Waals surface area contributed by atoms with Crippen LogP contribution in [0.2, 0.25) is 0 Å². The summed E-state index contributed by atoms with van der Waals surface area (Å²) < 4.78 is 11.3. The zero-order chi connectivity index (χ0) is 18.8. The molecule has 2 aromatic carbocycles. The van der Waals surface area contributed by atoms with Crippen LogP contribution in [0.25, 0.3) is 0 Å². The second kappa shape index (κ2) is 10.2. The van der Waals surface area contributed by atoms with E-state index in [0.29, 0.717) is 29.8 Å². The van der Waals surface area contributed by atoms with Crippen LogP contribution >= 0.6 is 12.2 Å². The van der Waals surface area contributed by atoms with Crippen LogP contribution in [-0.4, -0.2) is 25.0 Å². The number of nitrogens with zero attached hydrogens (tertiary/aromatic N) is 1. The molecule has 6 heteroatoms. The van der Waals surface area contributed by atoms with Crippen molar-refractivity contribution >= 4 is 23.5 Å². The average molecular weight is 369 g/mol. The molecule has 0 saturated heterocycles. The first kappa shape index (κ1) is 19.5. The molecule has 0 aliphatic rings. The highest BCUT2D eigenvalue weighted by atomic mass is 32.1. The van der Waals surface area contributed by atoms with Crippen molar-refractivity contribution in [2.75, 3.05) is 13.7 Å². The van der Waals surface area contributed by atoms with Gasteiger partial charge in [0.2, 0.25) is 0 Å². The third kappa shape index (κ3) is 5.89. The molecule has 0 aliphatic carbocycles. The van der Waals surface area contributed by atoms with E-state index in [-0.39, 0.29) is 0 Å². The minimum atomic E-state index is 0.436. The first-order valence-electron chi connectivity index (χ1n) is 8.17. The van der Waals surface area contributed by atoms with Gasteiger partial charge in [0.25, 0.3) is 0 Å². The Morgan fingerprint density at radius 1 is 1.23 bits per heavy atom. The SMILES string of the molecule is C=CCNC(=S)NN=Cc1ccc(OCc2ccccc2C)c(OC)c1. The van der Waals surface area contributed by atoms with Gasteiger partial charge in [0, 0.05) is 6.54 Å². The Labute approximate surface area is 159 Å². The standard InChI is InChI=1S/C20H23N3O2S/c1-4-11-21-20(26)23-22-13-16-9-10-18(19(12-16)24-3)25-14-17-8-6-5-7-15(17)2/h4-10,12-13H,1,11,14H2,2-3H3,(H2,21,23,26). The number of methoxy groups -OCH3 is 1. The summed E-state index contributed by atoms with van der Waals surface area (Å²) in [5, 5.41) is 7.46. The summed E-state index contributed by atoms with van der Waals surface area (Å²) in [6.07, 6.45) is 3.38. The third-order valence-corrected chi connectivity index (χ3v) is 3.85. The number of benzene rings is 2. The van der Waals surface area contributed by atoms with Gasteiger partial charge in [-0.15, -0.1) is 6.58 Å². The van der Waals surface area contributed by atoms with E-state index < -0.39 is 0 Å². The topological polar surface area (TPSA) is 54.9 Å². The van der Waals surface area contributed by atoms with Gasteiger partial charge in [-0.3, -0.25) is 5.43 Å². The van der Waals surface area contributed by atoms with E-state index in [1.165, 1.54) is 5.56 Å². The predicted octanol–water partition coefficient (Wildman–Crippen LogP) is 3.57. The molecule has 2 rings (SSSR count). The number of nitrogens with one attached hydrogen (secondary N) is 2. The lowest BCUT2D eigenvalue weighted by molar-refractivity contribution is 0.284. The van der Waals surface area contributed by atoms with E-state index >= 15 is 0 Å². The number of aryl methyl sites for hydroxylation is 1. The molecule has 26 heavy (non-hydrogen) atoms. The molecule has 2 N–H and O–H groups in total. The fourth-order valence-electron chi connectivity index (χ4n) is 2.18. The summed E-state index contributed by atoms with van der Waals surface area (Å²) in [5.41, 5.74) is 5.95. The van der Waals surface area contributed by atoms with Gasteiger partial charge in [0.15, 0.2) is 16.6 Å². The molecular weight excluding hydrogens is 346 g/mol. The zero-order valence-electron chi connectivity index (χ0n) is 15.0. The van der Waals surface area contributed by atoms with Crippen molar-refractivity contribution < 1.29 is 9.47 Å². The van der Waals surface area contributed by atoms with Crippen LogP contribution in [0.1, 0.15) is 16.7 Å². The number of hydrogen-bond donors (Lipinski definition) is 2. The van der Waals surface area contributed by atoms with Gasteiger partial charge >= 0.3 is 0 Å². The smallest absolute Gasteiger partial charge is 0.187 e. The molecule has 5 nitrogen and oxygen atoms in total. The zero-order valence-corrected chi connectivity index (χ0v) is 15.8. The molecule has 0 fully saturated rings. The molecule has 0 amide bonds. The van der Waals surface area contributed by atoms with Crippen molar-refractivity contribution in [3.8, 4) is 11.5 Å². The van der Waals surface area contributed by atoms with E-state index in [2.05, 4.69) is 41.5 Å². The third-order valence-electron chi connectivity index (χ3n) is 3.62. The maximum Gasteiger partial charge on any atom is 0.187 e. The maximum absolute atomic E-state index is 5.91. The largest absolute Gasteiger partial charge is 0.493 e. The molecule has 0 unspecified atom stereocenters. The lowest BCUT2D eigenvalue weighted by Gasteiger charge is -2.12. The van der Waals surface area contributed by atoms with E-state index in [4.69, 9.17) is 21.7 Å². The highest BCUT2D eigenvalue weighted by Crippen LogP contribution is 2.28. The first-order valence-corrected chi connectivity index (χ1v) is 8.58. The highest BCUT2D eigenvalue weighted by molar-refractivity contribution is 7.80. The minimum Gasteiger partial charge on any atom is -0.493 e. The van der Waals surface area contributed by atoms with Crippen molar-refractivity contribution in [1.82, 2.24) is 10.7 Å². The highest BCUT2D eigenvalue weighted by Gasteiger charge is 2.06. The summed E-state index contributed by atoms with van der Waals surface area (Å²) in [6.45, 7) is 6.75. The minimum absolute atomic E-state index is 0.436. The Bertz CT molecular complexity index is 790. The Kier molecular flexibility index (Phi) is 7.64. The van der Waals surface area contributed by atoms with Crippen LogP contribution in [0, 0.1) is 6.92 Å². The van der Waals surface area contributed by atoms with Crippen molar-refractivity contribution in [2.24, 2.45) is 5.10 Å². The summed E-state index contributed by atoms with van der Waals surface area (Å²) in [7, 11) is 1.61. The van der Waals surface area contributed by atoms with Gasteiger partial charge in [-0.1, -0.05) is 30.3 Å². The molecule has 0 saturated carbocycles. The predicted molar refractivity (Wildman–Crippen MR) is 110 cm³/mol. The number of rotatable bonds is 8. The molecule has 0 radical (unpaired) electrons. The van der Waals surface area contributed by atoms with E-state index in [1.54, 1.807) is 19.4 Å². The number of thiocarbonyl (C=S) groups is 1. The first-order chi connectivity index (χ1) is 12.6. The number of hydrogen-bond acceptors (Lipinski definition) is 4. The summed E-state index contributed by atoms with van der Waals surface area (Å²) in [6, 6.07) is 13.8. The number of ether oxygens (including phenoxy) is 2. The average Bonchev–Trinajstić information content (AvgIpc) is 2.66. The summed E-state index contributed by atoms with van der Waals surface area (Å²) in [5.74, 6) is 1.33. The normalized spacial score (nSPS) is 10.4. The maximum atomic E-state index is 5.91. The Balaban J connectivity index is 1.99. The fraction of sp³-hybridized carbons (Fsp3) is 0.200. The van der Waals surface area contributed by atoms with Crippen LogP contribution in [0.15, 0.2) is 60.2 Å². The van der Waals surface area contributed by atoms with Gasteiger partial charge < -0.3 is 14.8 Å². The molecule has 0 aliphatic heterocycles. The molecule has 0 atom stereocenters.